The summed E-state index contributed by atoms with van der Waals surface area (Å²) in [6.07, 6.45) is 2.37. The van der Waals surface area contributed by atoms with Gasteiger partial charge in [0.1, 0.15) is 12.4 Å². The molecule has 2 aromatic rings. The van der Waals surface area contributed by atoms with Crippen LogP contribution < -0.4 is 37.6 Å². The number of thioether (sulfide) groups is 1. The van der Waals surface area contributed by atoms with Gasteiger partial charge in [0.05, 0.1) is 66.0 Å². The number of nitrogens with zero attached hydrogens (tertiary/aromatic N) is 4. The number of hydrogen-bond acceptors (Lipinski definition) is 17. The van der Waals surface area contributed by atoms with Gasteiger partial charge in [0.2, 0.25) is 47.3 Å². The monoisotopic (exact) mass is 1480 g/mol. The lowest BCUT2D eigenvalue weighted by Crippen LogP contribution is -2.55. The minimum absolute atomic E-state index is 0.00276. The number of ether oxygens (including phenoxy) is 3. The molecule has 582 valence electrons. The molecular weight excluding hydrogens is 1360 g/mol. The number of rotatable bonds is 46. The van der Waals surface area contributed by atoms with Crippen LogP contribution in [0.4, 0.5) is 19.7 Å². The largest absolute Gasteiger partial charge is 0.445 e. The second kappa shape index (κ2) is 44.4. The molecule has 13 atom stereocenters. The minimum Gasteiger partial charge on any atom is -0.445 e. The summed E-state index contributed by atoms with van der Waals surface area (Å²) in [6, 6.07) is 7.08. The SMILES string of the molecule is CC[C@H](C)[C@@H]([C@@H](CC(=O)N1CCC[C@H]1[C@H](OC)[C@@H](C)C(=O)N[C@H](C)C(NC(=O)OCc1ccc(NC(=O)[C@H](CCCNC(N)=O)CC(=O)[C@@H](NC(=O)CCCCCN2C(=O)CC(SCCCC(=O)NC)C2=O)C(C)C)cc1)c1ccc(F)cc1)OC)N(C)C(=O)[C@@H](CC(=O)[C@H](C(C)C)N(C)C)C(C)C. The summed E-state index contributed by atoms with van der Waals surface area (Å²) in [5, 5.41) is 16.1. The normalized spacial score (nSPS) is 17.8. The lowest BCUT2D eigenvalue weighted by molar-refractivity contribution is -0.149. The van der Waals surface area contributed by atoms with Crippen molar-refractivity contribution in [3.05, 3.63) is 65.5 Å². The maximum absolute atomic E-state index is 14.6. The number of hydrogen-bond donors (Lipinski definition) is 7. The van der Waals surface area contributed by atoms with Gasteiger partial charge in [-0.3, -0.25) is 57.7 Å². The van der Waals surface area contributed by atoms with Crippen LogP contribution in [0.3, 0.4) is 0 Å². The maximum Gasteiger partial charge on any atom is 0.408 e. The predicted molar refractivity (Wildman–Crippen MR) is 398 cm³/mol. The number of amides is 11. The second-order valence-electron chi connectivity index (χ2n) is 29.1. The van der Waals surface area contributed by atoms with E-state index in [1.54, 1.807) is 75.9 Å². The van der Waals surface area contributed by atoms with Gasteiger partial charge in [-0.1, -0.05) is 99.4 Å². The Bertz CT molecular complexity index is 3150. The summed E-state index contributed by atoms with van der Waals surface area (Å²) >= 11 is 1.37. The molecule has 8 N–H and O–H groups in total. The van der Waals surface area contributed by atoms with E-state index in [0.717, 1.165) is 0 Å². The number of ketones is 2. The van der Waals surface area contributed by atoms with Crippen LogP contribution in [-0.2, 0) is 68.8 Å². The molecule has 2 unspecified atom stereocenters. The van der Waals surface area contributed by atoms with E-state index in [-0.39, 0.29) is 135 Å². The zero-order chi connectivity index (χ0) is 77.7. The third-order valence-electron chi connectivity index (χ3n) is 20.1. The Morgan fingerprint density at radius 2 is 1.40 bits per heavy atom. The molecule has 0 aliphatic carbocycles. The highest BCUT2D eigenvalue weighted by molar-refractivity contribution is 8.00. The quantitative estimate of drug-likeness (QED) is 0.0243. The Morgan fingerprint density at radius 3 is 1.99 bits per heavy atom. The summed E-state index contributed by atoms with van der Waals surface area (Å²) < 4.78 is 32.2. The fourth-order valence-electron chi connectivity index (χ4n) is 14.1. The van der Waals surface area contributed by atoms with Crippen molar-refractivity contribution in [1.82, 2.24) is 46.2 Å². The van der Waals surface area contributed by atoms with Crippen LogP contribution in [0, 0.1) is 47.2 Å². The number of Topliss-reactive ketones (excluding diaryl/α,β-unsaturated/α-hetero) is 2. The molecule has 0 radical (unpaired) electrons. The third-order valence-corrected chi connectivity index (χ3v) is 21.4. The van der Waals surface area contributed by atoms with E-state index in [1.165, 1.54) is 55.1 Å². The van der Waals surface area contributed by atoms with E-state index in [4.69, 9.17) is 19.9 Å². The number of primary amides is 1. The highest BCUT2D eigenvalue weighted by Gasteiger charge is 2.45. The molecular formula is C76H120FN11O15S. The van der Waals surface area contributed by atoms with E-state index < -0.39 is 95.2 Å². The molecule has 2 aromatic carbocycles. The van der Waals surface area contributed by atoms with Gasteiger partial charge >= 0.3 is 12.1 Å². The van der Waals surface area contributed by atoms with Gasteiger partial charge in [-0.15, -0.1) is 11.8 Å². The zero-order valence-electron chi connectivity index (χ0n) is 64.3. The van der Waals surface area contributed by atoms with Crippen molar-refractivity contribution in [2.75, 3.05) is 73.1 Å². The first-order chi connectivity index (χ1) is 49.2. The zero-order valence-corrected chi connectivity index (χ0v) is 65.1. The number of likely N-dealkylation sites (tertiary alicyclic amines) is 2. The molecule has 2 aliphatic rings. The number of anilines is 1. The van der Waals surface area contributed by atoms with Crippen LogP contribution in [0.25, 0.3) is 0 Å². The Balaban J connectivity index is 1.37. The van der Waals surface area contributed by atoms with Crippen molar-refractivity contribution >= 4 is 88.4 Å². The summed E-state index contributed by atoms with van der Waals surface area (Å²) in [6.45, 7) is 19.4. The fraction of sp³-hybridized carbons (Fsp3) is 0.684. The lowest BCUT2D eigenvalue weighted by Gasteiger charge is -2.41. The standard InChI is InChI=1S/C76H120FN11O15S/c1-17-48(8)69(86(14)73(97)56(45(2)3)41-59(90)68(47(6)7)85(12)13)60(101-15)42-64(93)87-38-22-25-57(87)70(102-16)49(9)71(95)81-50(10)67(52-30-32-54(77)33-31-52)84-76(100)103-44-51-28-34-55(35-29-51)82-72(96)53(24-21-36-80-75(78)99)40-58(89)66(46(4)5)83-63(92)26-19-18-20-37-88-65(94)43-61(74(88)98)104-39-23-27-62(91)79-11/h28-35,45-50,53,56-57,60-61,66-70H,17-27,36-44H2,1-16H3,(H,79,91)(H,81,95)(H,82,96)(H,83,92)(H,84,100)(H3,78,80,99)/t48-,49+,50+,53+,56-,57-,60+,61?,66-,67?,68-,69-,70+/m0/s1. The molecule has 2 heterocycles. The van der Waals surface area contributed by atoms with Crippen molar-refractivity contribution in [3.8, 4) is 0 Å². The maximum atomic E-state index is 14.6. The molecule has 2 fully saturated rings. The molecule has 26 nitrogen and oxygen atoms in total. The number of methoxy groups -OCH3 is 2. The highest BCUT2D eigenvalue weighted by atomic mass is 32.2. The van der Waals surface area contributed by atoms with Gasteiger partial charge < -0.3 is 61.6 Å². The number of nitrogens with two attached hydrogens (primary N) is 1. The van der Waals surface area contributed by atoms with Gasteiger partial charge in [0.15, 0.2) is 11.6 Å². The van der Waals surface area contributed by atoms with Crippen LogP contribution in [0.5, 0.6) is 0 Å². The number of carbonyl (C=O) groups excluding carboxylic acids is 12. The molecule has 104 heavy (non-hydrogen) atoms. The van der Waals surface area contributed by atoms with Crippen molar-refractivity contribution < 1.29 is 76.1 Å². The number of halogens is 1. The van der Waals surface area contributed by atoms with Crippen molar-refractivity contribution in [1.29, 1.82) is 0 Å². The van der Waals surface area contributed by atoms with Crippen molar-refractivity contribution in [2.45, 2.75) is 226 Å². The van der Waals surface area contributed by atoms with Crippen LogP contribution in [0.2, 0.25) is 0 Å². The van der Waals surface area contributed by atoms with Gasteiger partial charge in [0.25, 0.3) is 0 Å². The molecule has 4 rings (SSSR count). The smallest absolute Gasteiger partial charge is 0.408 e. The van der Waals surface area contributed by atoms with E-state index in [9.17, 15) is 61.9 Å². The number of imide groups is 1. The summed E-state index contributed by atoms with van der Waals surface area (Å²) in [4.78, 5) is 168. The molecule has 11 amide bonds. The van der Waals surface area contributed by atoms with E-state index in [2.05, 4.69) is 31.9 Å². The molecule has 0 spiro atoms. The molecule has 0 saturated carbocycles. The fourth-order valence-corrected chi connectivity index (χ4v) is 15.2. The number of nitrogens with one attached hydrogen (secondary N) is 6. The lowest BCUT2D eigenvalue weighted by atomic mass is 9.83. The first-order valence-corrected chi connectivity index (χ1v) is 38.0. The average molecular weight is 1480 g/mol. The van der Waals surface area contributed by atoms with Crippen LogP contribution >= 0.6 is 11.8 Å². The van der Waals surface area contributed by atoms with Gasteiger partial charge in [0, 0.05) is 97.6 Å². The average Bonchev–Trinajstić information content (AvgIpc) is 1.70. The van der Waals surface area contributed by atoms with Crippen LogP contribution in [0.15, 0.2) is 48.5 Å². The second-order valence-corrected chi connectivity index (χ2v) is 30.4. The van der Waals surface area contributed by atoms with Crippen LogP contribution in [0.1, 0.15) is 183 Å². The molecule has 0 bridgehead atoms. The van der Waals surface area contributed by atoms with E-state index in [0.29, 0.717) is 86.9 Å². The Kier molecular flexibility index (Phi) is 37.9. The third kappa shape index (κ3) is 27.4. The van der Waals surface area contributed by atoms with Gasteiger partial charge in [-0.25, -0.2) is 14.0 Å². The van der Waals surface area contributed by atoms with Crippen molar-refractivity contribution in [3.63, 3.8) is 0 Å². The topological polar surface area (TPSA) is 344 Å². The summed E-state index contributed by atoms with van der Waals surface area (Å²) in [7, 11) is 10.0. The van der Waals surface area contributed by atoms with Gasteiger partial charge in [-0.05, 0) is 131 Å². The number of alkyl carbamates (subject to hydrolysis) is 1. The summed E-state index contributed by atoms with van der Waals surface area (Å²) in [5.41, 5.74) is 6.63. The number of benzene rings is 2. The van der Waals surface area contributed by atoms with Crippen molar-refractivity contribution in [2.24, 2.45) is 47.2 Å². The number of carbonyl (C=O) groups is 12. The van der Waals surface area contributed by atoms with E-state index in [1.807, 2.05) is 60.5 Å². The van der Waals surface area contributed by atoms with Crippen LogP contribution in [-0.4, -0.2) is 206 Å². The van der Waals surface area contributed by atoms with E-state index >= 15 is 0 Å². The predicted octanol–water partition coefficient (Wildman–Crippen LogP) is 8.09. The molecule has 2 aliphatic heterocycles. The number of unbranched alkanes of at least 4 members (excludes halogenated alkanes) is 2. The number of likely N-dealkylation sites (N-methyl/N-ethyl adjacent to an activating group) is 2. The molecule has 28 heteroatoms. The first-order valence-electron chi connectivity index (χ1n) is 36.9. The minimum atomic E-state index is -0.939. The van der Waals surface area contributed by atoms with Gasteiger partial charge in [-0.2, -0.15) is 0 Å². The molecule has 0 aromatic heterocycles. The Hall–Kier alpha value is -7.56. The first kappa shape index (κ1) is 88.8. The molecule has 2 saturated heterocycles. The summed E-state index contributed by atoms with van der Waals surface area (Å²) in [5.74, 6) is -5.44. The Labute approximate surface area is 619 Å². The highest BCUT2D eigenvalue weighted by Crippen LogP contribution is 2.33. The number of urea groups is 1. The Morgan fingerprint density at radius 1 is 0.740 bits per heavy atom.